The Labute approximate surface area is 112 Å². The predicted octanol–water partition coefficient (Wildman–Crippen LogP) is 3.17. The van der Waals surface area contributed by atoms with Crippen LogP contribution in [0, 0.1) is 0 Å². The molecule has 0 bridgehead atoms. The van der Waals surface area contributed by atoms with Gasteiger partial charge in [0.15, 0.2) is 5.82 Å². The van der Waals surface area contributed by atoms with Gasteiger partial charge in [-0.25, -0.2) is 9.97 Å². The van der Waals surface area contributed by atoms with E-state index in [4.69, 9.17) is 5.73 Å². The summed E-state index contributed by atoms with van der Waals surface area (Å²) in [6.45, 7) is 0. The highest BCUT2D eigenvalue weighted by Crippen LogP contribution is 2.21. The Morgan fingerprint density at radius 1 is 1.00 bits per heavy atom. The first-order valence-corrected chi connectivity index (χ1v) is 7.08. The molecule has 1 aromatic carbocycles. The number of nitrogens with two attached hydrogens (primary N) is 1. The summed E-state index contributed by atoms with van der Waals surface area (Å²) < 4.78 is 0. The van der Waals surface area contributed by atoms with E-state index in [1.807, 2.05) is 0 Å². The third kappa shape index (κ3) is 4.04. The van der Waals surface area contributed by atoms with Gasteiger partial charge in [-0.1, -0.05) is 30.3 Å². The molecule has 18 heavy (non-hydrogen) atoms. The van der Waals surface area contributed by atoms with Crippen LogP contribution in [0.3, 0.4) is 0 Å². The number of anilines is 1. The smallest absolute Gasteiger partial charge is 0.156 e. The molecule has 0 aliphatic rings. The second-order valence-corrected chi connectivity index (χ2v) is 5.12. The lowest BCUT2D eigenvalue weighted by Gasteiger charge is -2.03. The lowest BCUT2D eigenvalue weighted by atomic mass is 10.1. The van der Waals surface area contributed by atoms with Gasteiger partial charge in [0.25, 0.3) is 0 Å². The number of benzene rings is 1. The summed E-state index contributed by atoms with van der Waals surface area (Å²) in [6, 6.07) is 10.6. The van der Waals surface area contributed by atoms with Crippen molar-refractivity contribution < 1.29 is 0 Å². The minimum Gasteiger partial charge on any atom is -0.381 e. The molecule has 0 amide bonds. The maximum absolute atomic E-state index is 5.73. The van der Waals surface area contributed by atoms with Crippen LogP contribution in [0.5, 0.6) is 0 Å². The first kappa shape index (κ1) is 12.9. The molecule has 2 N–H and O–H groups in total. The Balaban J connectivity index is 1.66. The van der Waals surface area contributed by atoms with Gasteiger partial charge in [0, 0.05) is 12.4 Å². The summed E-state index contributed by atoms with van der Waals surface area (Å²) in [5.41, 5.74) is 7.14. The zero-order chi connectivity index (χ0) is 12.6. The summed E-state index contributed by atoms with van der Waals surface area (Å²) in [4.78, 5) is 8.23. The number of thioether (sulfide) groups is 1. The van der Waals surface area contributed by atoms with Crippen LogP contribution in [0.4, 0.5) is 5.82 Å². The Morgan fingerprint density at radius 2 is 1.78 bits per heavy atom. The minimum absolute atomic E-state index is 0.533. The van der Waals surface area contributed by atoms with E-state index >= 15 is 0 Å². The highest BCUT2D eigenvalue weighted by atomic mass is 32.2. The van der Waals surface area contributed by atoms with Gasteiger partial charge in [-0.05, 0) is 30.6 Å². The fourth-order valence-corrected chi connectivity index (χ4v) is 2.57. The Hall–Kier alpha value is -1.55. The van der Waals surface area contributed by atoms with Gasteiger partial charge < -0.3 is 5.73 Å². The van der Waals surface area contributed by atoms with Crippen LogP contribution in [-0.4, -0.2) is 15.7 Å². The van der Waals surface area contributed by atoms with Crippen molar-refractivity contribution >= 4 is 17.6 Å². The zero-order valence-corrected chi connectivity index (χ0v) is 11.1. The minimum atomic E-state index is 0.533. The van der Waals surface area contributed by atoms with Gasteiger partial charge in [0.05, 0.1) is 0 Å². The molecule has 0 atom stereocenters. The lowest BCUT2D eigenvalue weighted by molar-refractivity contribution is 0.802. The Bertz CT molecular complexity index is 473. The van der Waals surface area contributed by atoms with Crippen molar-refractivity contribution in [3.8, 4) is 0 Å². The van der Waals surface area contributed by atoms with Gasteiger partial charge >= 0.3 is 0 Å². The molecule has 0 fully saturated rings. The van der Waals surface area contributed by atoms with Crippen molar-refractivity contribution in [2.45, 2.75) is 24.3 Å². The molecule has 0 aliphatic carbocycles. The molecule has 0 saturated heterocycles. The van der Waals surface area contributed by atoms with Crippen LogP contribution in [0.25, 0.3) is 0 Å². The maximum Gasteiger partial charge on any atom is 0.156 e. The number of hydrogen-bond acceptors (Lipinski definition) is 4. The van der Waals surface area contributed by atoms with Crippen LogP contribution in [0.15, 0.2) is 47.8 Å². The summed E-state index contributed by atoms with van der Waals surface area (Å²) in [6.07, 6.45) is 6.79. The van der Waals surface area contributed by atoms with E-state index in [-0.39, 0.29) is 0 Å². The molecule has 0 saturated carbocycles. The van der Waals surface area contributed by atoms with Gasteiger partial charge in [0.1, 0.15) is 5.03 Å². The molecule has 1 heterocycles. The van der Waals surface area contributed by atoms with Crippen LogP contribution >= 0.6 is 11.8 Å². The normalized spacial score (nSPS) is 10.4. The highest BCUT2D eigenvalue weighted by molar-refractivity contribution is 7.99. The number of nitrogen functional groups attached to an aromatic ring is 1. The van der Waals surface area contributed by atoms with E-state index in [9.17, 15) is 0 Å². The molecule has 2 aromatic rings. The molecule has 2 rings (SSSR count). The monoisotopic (exact) mass is 259 g/mol. The summed E-state index contributed by atoms with van der Waals surface area (Å²) in [5, 5.41) is 0.845. The Kier molecular flexibility index (Phi) is 5.02. The fourth-order valence-electron chi connectivity index (χ4n) is 1.69. The maximum atomic E-state index is 5.73. The number of rotatable bonds is 6. The third-order valence-corrected chi connectivity index (χ3v) is 3.71. The average Bonchev–Trinajstić information content (AvgIpc) is 2.42. The summed E-state index contributed by atoms with van der Waals surface area (Å²) >= 11 is 1.68. The second-order valence-electron chi connectivity index (χ2n) is 4.04. The standard InChI is InChI=1S/C14H17N3S/c15-13-14(17-10-9-16-13)18-11-5-4-8-12-6-2-1-3-7-12/h1-3,6-7,9-10H,4-5,8,11H2,(H2,15,16). The van der Waals surface area contributed by atoms with E-state index < -0.39 is 0 Å². The van der Waals surface area contributed by atoms with E-state index in [0.29, 0.717) is 5.82 Å². The molecule has 0 unspecified atom stereocenters. The molecule has 1 aromatic heterocycles. The lowest BCUT2D eigenvalue weighted by Crippen LogP contribution is -1.95. The highest BCUT2D eigenvalue weighted by Gasteiger charge is 2.01. The van der Waals surface area contributed by atoms with Crippen molar-refractivity contribution in [2.24, 2.45) is 0 Å². The number of aryl methyl sites for hydroxylation is 1. The van der Waals surface area contributed by atoms with Crippen molar-refractivity contribution in [1.82, 2.24) is 9.97 Å². The zero-order valence-electron chi connectivity index (χ0n) is 10.2. The largest absolute Gasteiger partial charge is 0.381 e. The number of aromatic nitrogens is 2. The van der Waals surface area contributed by atoms with Crippen LogP contribution < -0.4 is 5.73 Å². The fraction of sp³-hybridized carbons (Fsp3) is 0.286. The van der Waals surface area contributed by atoms with Crippen molar-refractivity contribution in [3.63, 3.8) is 0 Å². The molecular formula is C14H17N3S. The number of hydrogen-bond donors (Lipinski definition) is 1. The van der Waals surface area contributed by atoms with Crippen molar-refractivity contribution in [3.05, 3.63) is 48.3 Å². The van der Waals surface area contributed by atoms with Gasteiger partial charge in [-0.15, -0.1) is 11.8 Å². The van der Waals surface area contributed by atoms with Crippen LogP contribution in [0.2, 0.25) is 0 Å². The van der Waals surface area contributed by atoms with E-state index in [2.05, 4.69) is 40.3 Å². The SMILES string of the molecule is Nc1nccnc1SCCCCc1ccccc1. The molecule has 94 valence electrons. The molecule has 4 heteroatoms. The van der Waals surface area contributed by atoms with Crippen LogP contribution in [0.1, 0.15) is 18.4 Å². The second kappa shape index (κ2) is 7.01. The van der Waals surface area contributed by atoms with Crippen LogP contribution in [-0.2, 0) is 6.42 Å². The average molecular weight is 259 g/mol. The predicted molar refractivity (Wildman–Crippen MR) is 76.5 cm³/mol. The first-order chi connectivity index (χ1) is 8.86. The topological polar surface area (TPSA) is 51.8 Å². The molecule has 0 radical (unpaired) electrons. The van der Waals surface area contributed by atoms with E-state index in [1.54, 1.807) is 24.2 Å². The van der Waals surface area contributed by atoms with E-state index in [0.717, 1.165) is 23.6 Å². The van der Waals surface area contributed by atoms with Gasteiger partial charge in [-0.3, -0.25) is 0 Å². The molecular weight excluding hydrogens is 242 g/mol. The molecule has 3 nitrogen and oxygen atoms in total. The quantitative estimate of drug-likeness (QED) is 0.639. The van der Waals surface area contributed by atoms with Crippen molar-refractivity contribution in [2.75, 3.05) is 11.5 Å². The van der Waals surface area contributed by atoms with Gasteiger partial charge in [0.2, 0.25) is 0 Å². The third-order valence-electron chi connectivity index (χ3n) is 2.63. The number of unbranched alkanes of at least 4 members (excludes halogenated alkanes) is 1. The number of nitrogens with zero attached hydrogens (tertiary/aromatic N) is 2. The molecule has 0 spiro atoms. The molecule has 0 aliphatic heterocycles. The van der Waals surface area contributed by atoms with E-state index in [1.165, 1.54) is 12.0 Å². The summed E-state index contributed by atoms with van der Waals surface area (Å²) in [7, 11) is 0. The summed E-state index contributed by atoms with van der Waals surface area (Å²) in [5.74, 6) is 1.57. The van der Waals surface area contributed by atoms with Gasteiger partial charge in [-0.2, -0.15) is 0 Å². The Morgan fingerprint density at radius 3 is 2.56 bits per heavy atom. The first-order valence-electron chi connectivity index (χ1n) is 6.09. The van der Waals surface area contributed by atoms with Crippen molar-refractivity contribution in [1.29, 1.82) is 0 Å².